The minimum atomic E-state index is -5.01. The fourth-order valence-electron chi connectivity index (χ4n) is 4.53. The van der Waals surface area contributed by atoms with E-state index in [0.717, 1.165) is 35.0 Å². The van der Waals surface area contributed by atoms with Gasteiger partial charge in [-0.05, 0) is 81.8 Å². The van der Waals surface area contributed by atoms with Crippen LogP contribution in [0.5, 0.6) is 23.1 Å². The smallest absolute Gasteiger partial charge is 0.420 e. The Hall–Kier alpha value is -5.21. The van der Waals surface area contributed by atoms with Gasteiger partial charge in [0, 0.05) is 18.3 Å². The highest BCUT2D eigenvalue weighted by Crippen LogP contribution is 2.42. The maximum Gasteiger partial charge on any atom is 0.420 e. The molecular formula is C34H33F6N3O6. The number of esters is 1. The Labute approximate surface area is 277 Å². The molecule has 0 bridgehead atoms. The molecule has 0 radical (unpaired) electrons. The van der Waals surface area contributed by atoms with Crippen molar-refractivity contribution in [2.45, 2.75) is 52.1 Å². The Kier molecular flexibility index (Phi) is 10.8. The summed E-state index contributed by atoms with van der Waals surface area (Å²) in [6, 6.07) is 11.7. The summed E-state index contributed by atoms with van der Waals surface area (Å²) >= 11 is 0. The number of nitrogens with one attached hydrogen (secondary N) is 1. The lowest BCUT2D eigenvalue weighted by Crippen LogP contribution is -2.29. The van der Waals surface area contributed by atoms with Crippen molar-refractivity contribution in [2.24, 2.45) is 0 Å². The lowest BCUT2D eigenvalue weighted by molar-refractivity contribution is -0.154. The SMILES string of the molecule is CCOc1ccc(C(F)(F)F)cc1-n1cc(-c2ccc(OC)cc2)c(Oc2ccc(C(=O)NCCC(=O)OC(C)(C)C)cc2C(F)(F)F)n1. The van der Waals surface area contributed by atoms with Gasteiger partial charge in [-0.3, -0.25) is 9.59 Å². The molecule has 3 aromatic carbocycles. The van der Waals surface area contributed by atoms with Crippen molar-refractivity contribution < 1.29 is 54.9 Å². The first-order valence-corrected chi connectivity index (χ1v) is 14.9. The number of alkyl halides is 6. The van der Waals surface area contributed by atoms with Crippen LogP contribution in [0.15, 0.2) is 66.9 Å². The average Bonchev–Trinajstić information content (AvgIpc) is 3.43. The molecule has 4 aromatic rings. The number of benzene rings is 3. The molecule has 9 nitrogen and oxygen atoms in total. The summed E-state index contributed by atoms with van der Waals surface area (Å²) in [6.45, 7) is 6.55. The van der Waals surface area contributed by atoms with Crippen LogP contribution in [0, 0.1) is 0 Å². The zero-order chi connectivity index (χ0) is 36.1. The van der Waals surface area contributed by atoms with Crippen LogP contribution in [0.25, 0.3) is 16.8 Å². The molecule has 15 heteroatoms. The molecule has 0 unspecified atom stereocenters. The van der Waals surface area contributed by atoms with Crippen molar-refractivity contribution in [1.82, 2.24) is 15.1 Å². The van der Waals surface area contributed by atoms with Gasteiger partial charge < -0.3 is 24.3 Å². The van der Waals surface area contributed by atoms with Crippen molar-refractivity contribution in [2.75, 3.05) is 20.3 Å². The van der Waals surface area contributed by atoms with E-state index in [2.05, 4.69) is 10.4 Å². The minimum Gasteiger partial charge on any atom is -0.497 e. The van der Waals surface area contributed by atoms with E-state index in [9.17, 15) is 35.9 Å². The normalized spacial score (nSPS) is 12.0. The van der Waals surface area contributed by atoms with Gasteiger partial charge in [0.05, 0.1) is 36.8 Å². The number of amides is 1. The first-order chi connectivity index (χ1) is 22.9. The van der Waals surface area contributed by atoms with E-state index in [-0.39, 0.29) is 48.0 Å². The quantitative estimate of drug-likeness (QED) is 0.125. The summed E-state index contributed by atoms with van der Waals surface area (Å²) in [7, 11) is 1.44. The monoisotopic (exact) mass is 693 g/mol. The molecule has 1 amide bonds. The van der Waals surface area contributed by atoms with Gasteiger partial charge in [0.2, 0.25) is 5.88 Å². The van der Waals surface area contributed by atoms with Crippen LogP contribution >= 0.6 is 0 Å². The zero-order valence-corrected chi connectivity index (χ0v) is 27.1. The molecule has 0 aliphatic carbocycles. The Balaban J connectivity index is 1.74. The largest absolute Gasteiger partial charge is 0.497 e. The van der Waals surface area contributed by atoms with E-state index in [4.69, 9.17) is 18.9 Å². The number of hydrogen-bond acceptors (Lipinski definition) is 7. The summed E-state index contributed by atoms with van der Waals surface area (Å²) in [6.07, 6.45) is -8.62. The first kappa shape index (κ1) is 36.6. The van der Waals surface area contributed by atoms with Crippen molar-refractivity contribution in [3.05, 3.63) is 83.6 Å². The third-order valence-corrected chi connectivity index (χ3v) is 6.70. The second-order valence-corrected chi connectivity index (χ2v) is 11.5. The van der Waals surface area contributed by atoms with Crippen molar-refractivity contribution in [1.29, 1.82) is 0 Å². The van der Waals surface area contributed by atoms with Gasteiger partial charge in [-0.25, -0.2) is 4.68 Å². The van der Waals surface area contributed by atoms with Crippen LogP contribution in [-0.4, -0.2) is 47.5 Å². The summed E-state index contributed by atoms with van der Waals surface area (Å²) in [5.74, 6) is -2.09. The molecule has 0 saturated carbocycles. The number of methoxy groups -OCH3 is 1. The molecule has 0 aliphatic heterocycles. The van der Waals surface area contributed by atoms with E-state index >= 15 is 0 Å². The molecule has 1 heterocycles. The van der Waals surface area contributed by atoms with Gasteiger partial charge in [-0.1, -0.05) is 12.1 Å². The van der Waals surface area contributed by atoms with Crippen molar-refractivity contribution in [3.8, 4) is 39.9 Å². The van der Waals surface area contributed by atoms with Crippen LogP contribution in [0.2, 0.25) is 0 Å². The van der Waals surface area contributed by atoms with E-state index in [0.29, 0.717) is 17.4 Å². The molecular weight excluding hydrogens is 660 g/mol. The summed E-state index contributed by atoms with van der Waals surface area (Å²) in [5, 5.41) is 6.64. The van der Waals surface area contributed by atoms with Gasteiger partial charge in [-0.2, -0.15) is 26.3 Å². The Bertz CT molecular complexity index is 1790. The molecule has 0 spiro atoms. The molecule has 0 fully saturated rings. The lowest BCUT2D eigenvalue weighted by atomic mass is 10.1. The lowest BCUT2D eigenvalue weighted by Gasteiger charge is -2.19. The molecule has 4 rings (SSSR count). The number of ether oxygens (including phenoxy) is 4. The molecule has 1 aromatic heterocycles. The summed E-state index contributed by atoms with van der Waals surface area (Å²) < 4.78 is 107. The van der Waals surface area contributed by atoms with Gasteiger partial charge >= 0.3 is 18.3 Å². The highest BCUT2D eigenvalue weighted by molar-refractivity contribution is 5.94. The van der Waals surface area contributed by atoms with Crippen molar-refractivity contribution in [3.63, 3.8) is 0 Å². The average molecular weight is 694 g/mol. The molecule has 49 heavy (non-hydrogen) atoms. The first-order valence-electron chi connectivity index (χ1n) is 14.9. The van der Waals surface area contributed by atoms with Gasteiger partial charge in [0.15, 0.2) is 0 Å². The molecule has 1 N–H and O–H groups in total. The fourth-order valence-corrected chi connectivity index (χ4v) is 4.53. The minimum absolute atomic E-state index is 0.0313. The van der Waals surface area contributed by atoms with E-state index < -0.39 is 46.7 Å². The number of aromatic nitrogens is 2. The van der Waals surface area contributed by atoms with E-state index in [1.807, 2.05) is 0 Å². The van der Waals surface area contributed by atoms with Crippen LogP contribution in [0.1, 0.15) is 55.6 Å². The van der Waals surface area contributed by atoms with Crippen LogP contribution < -0.4 is 19.5 Å². The van der Waals surface area contributed by atoms with Crippen LogP contribution in [0.3, 0.4) is 0 Å². The number of halogens is 6. The zero-order valence-electron chi connectivity index (χ0n) is 27.1. The highest BCUT2D eigenvalue weighted by Gasteiger charge is 2.36. The third kappa shape index (κ3) is 9.45. The Morgan fingerprint density at radius 3 is 2.14 bits per heavy atom. The molecule has 262 valence electrons. The number of hydrogen-bond donors (Lipinski definition) is 1. The number of nitrogens with zero attached hydrogens (tertiary/aromatic N) is 2. The molecule has 0 saturated heterocycles. The van der Waals surface area contributed by atoms with E-state index in [1.165, 1.54) is 13.3 Å². The van der Waals surface area contributed by atoms with E-state index in [1.54, 1.807) is 52.0 Å². The van der Waals surface area contributed by atoms with Gasteiger partial charge in [-0.15, -0.1) is 5.10 Å². The summed E-state index contributed by atoms with van der Waals surface area (Å²) in [5.41, 5.74) is -3.07. The standard InChI is InChI=1S/C34H33F6N3O6/c1-6-47-28-14-10-22(33(35,36)37)18-26(28)43-19-24(20-7-11-23(46-5)12-8-20)31(42-43)48-27-13-9-21(17-25(27)34(38,39)40)30(45)41-16-15-29(44)49-32(2,3)4/h7-14,17-19H,6,15-16H2,1-5H3,(H,41,45). The Morgan fingerprint density at radius 2 is 1.55 bits per heavy atom. The predicted octanol–water partition coefficient (Wildman–Crippen LogP) is 8.24. The van der Waals surface area contributed by atoms with Gasteiger partial charge in [0.25, 0.3) is 5.91 Å². The maximum absolute atomic E-state index is 14.3. The van der Waals surface area contributed by atoms with Crippen molar-refractivity contribution >= 4 is 11.9 Å². The van der Waals surface area contributed by atoms with Crippen LogP contribution in [0.4, 0.5) is 26.3 Å². The second kappa shape index (κ2) is 14.5. The molecule has 0 atom stereocenters. The third-order valence-electron chi connectivity index (χ3n) is 6.70. The predicted molar refractivity (Wildman–Crippen MR) is 166 cm³/mol. The highest BCUT2D eigenvalue weighted by atomic mass is 19.4. The second-order valence-electron chi connectivity index (χ2n) is 11.5. The maximum atomic E-state index is 14.3. The van der Waals surface area contributed by atoms with Crippen LogP contribution in [-0.2, 0) is 21.9 Å². The number of carbonyl (C=O) groups excluding carboxylic acids is 2. The molecule has 0 aliphatic rings. The summed E-state index contributed by atoms with van der Waals surface area (Å²) in [4.78, 5) is 24.6. The Morgan fingerprint density at radius 1 is 0.878 bits per heavy atom. The number of carbonyl (C=O) groups is 2. The number of rotatable bonds is 11. The fraction of sp³-hybridized carbons (Fsp3) is 0.324. The van der Waals surface area contributed by atoms with Gasteiger partial charge in [0.1, 0.15) is 28.5 Å². The topological polar surface area (TPSA) is 101 Å².